The molecule has 0 radical (unpaired) electrons. The molecule has 0 aliphatic carbocycles. The standard InChI is InChI=1S/C27H31N3O2.ClH/c1-29(25(19-30-16-15-24(31)18-30)22-13-8-14-23(28)17-22)27(32)26(20-9-4-2-5-10-20)21-11-6-3-7-12-21;/h2-14,17,24-26,31H,15-16,18-19,28H2,1H3;1H/t24-,25+;/m0./s1. The van der Waals surface area contributed by atoms with Crippen molar-refractivity contribution < 1.29 is 9.90 Å². The van der Waals surface area contributed by atoms with Gasteiger partial charge in [-0.3, -0.25) is 9.69 Å². The Morgan fingerprint density at radius 2 is 1.58 bits per heavy atom. The number of rotatable bonds is 7. The first-order valence-electron chi connectivity index (χ1n) is 11.2. The van der Waals surface area contributed by atoms with Crippen molar-refractivity contribution in [2.75, 3.05) is 32.4 Å². The molecule has 4 rings (SSSR count). The molecule has 1 saturated heterocycles. The maximum absolute atomic E-state index is 14.0. The van der Waals surface area contributed by atoms with Crippen molar-refractivity contribution in [1.29, 1.82) is 0 Å². The van der Waals surface area contributed by atoms with Crippen LogP contribution >= 0.6 is 12.4 Å². The van der Waals surface area contributed by atoms with E-state index in [4.69, 9.17) is 5.73 Å². The molecule has 3 N–H and O–H groups in total. The van der Waals surface area contributed by atoms with E-state index in [1.54, 1.807) is 0 Å². The Bertz CT molecular complexity index is 992. The number of likely N-dealkylation sites (tertiary alicyclic amines) is 1. The molecule has 1 fully saturated rings. The summed E-state index contributed by atoms with van der Waals surface area (Å²) in [4.78, 5) is 18.1. The van der Waals surface area contributed by atoms with Gasteiger partial charge in [-0.05, 0) is 35.2 Å². The van der Waals surface area contributed by atoms with Gasteiger partial charge < -0.3 is 15.7 Å². The number of anilines is 1. The van der Waals surface area contributed by atoms with Crippen LogP contribution in [0, 0.1) is 0 Å². The molecule has 0 spiro atoms. The summed E-state index contributed by atoms with van der Waals surface area (Å²) in [5.74, 6) is -0.357. The molecule has 1 aliphatic rings. The van der Waals surface area contributed by atoms with Gasteiger partial charge in [-0.1, -0.05) is 72.8 Å². The normalized spacial score (nSPS) is 16.9. The van der Waals surface area contributed by atoms with Crippen LogP contribution in [0.2, 0.25) is 0 Å². The van der Waals surface area contributed by atoms with Crippen LogP contribution in [0.3, 0.4) is 0 Å². The molecule has 3 aromatic rings. The number of likely N-dealkylation sites (N-methyl/N-ethyl adjacent to an activating group) is 1. The van der Waals surface area contributed by atoms with E-state index >= 15 is 0 Å². The molecule has 1 heterocycles. The number of nitrogens with zero attached hydrogens (tertiary/aromatic N) is 2. The van der Waals surface area contributed by atoms with Crippen molar-refractivity contribution in [3.8, 4) is 0 Å². The second kappa shape index (κ2) is 11.3. The van der Waals surface area contributed by atoms with Gasteiger partial charge in [0.2, 0.25) is 5.91 Å². The van der Waals surface area contributed by atoms with Crippen LogP contribution in [-0.2, 0) is 4.79 Å². The zero-order valence-electron chi connectivity index (χ0n) is 18.9. The van der Waals surface area contributed by atoms with Crippen molar-refractivity contribution in [1.82, 2.24) is 9.80 Å². The smallest absolute Gasteiger partial charge is 0.234 e. The van der Waals surface area contributed by atoms with Gasteiger partial charge in [-0.2, -0.15) is 0 Å². The second-order valence-electron chi connectivity index (χ2n) is 8.59. The van der Waals surface area contributed by atoms with Crippen molar-refractivity contribution in [3.63, 3.8) is 0 Å². The number of carbonyl (C=O) groups excluding carboxylic acids is 1. The van der Waals surface area contributed by atoms with Crippen LogP contribution in [0.5, 0.6) is 0 Å². The molecule has 6 heteroatoms. The largest absolute Gasteiger partial charge is 0.399 e. The summed E-state index contributed by atoms with van der Waals surface area (Å²) >= 11 is 0. The Balaban J connectivity index is 0.00000306. The summed E-state index contributed by atoms with van der Waals surface area (Å²) in [5, 5.41) is 10.0. The highest BCUT2D eigenvalue weighted by atomic mass is 35.5. The summed E-state index contributed by atoms with van der Waals surface area (Å²) in [6.07, 6.45) is 0.455. The topological polar surface area (TPSA) is 69.8 Å². The highest BCUT2D eigenvalue weighted by Gasteiger charge is 2.32. The Morgan fingerprint density at radius 3 is 2.09 bits per heavy atom. The minimum absolute atomic E-state index is 0. The third-order valence-electron chi connectivity index (χ3n) is 6.30. The molecule has 0 bridgehead atoms. The molecule has 0 unspecified atom stereocenters. The van der Waals surface area contributed by atoms with Gasteiger partial charge in [0.1, 0.15) is 0 Å². The zero-order valence-corrected chi connectivity index (χ0v) is 19.7. The first-order chi connectivity index (χ1) is 15.5. The Morgan fingerprint density at radius 1 is 1.00 bits per heavy atom. The monoisotopic (exact) mass is 465 g/mol. The third-order valence-corrected chi connectivity index (χ3v) is 6.30. The lowest BCUT2D eigenvalue weighted by Crippen LogP contribution is -2.41. The summed E-state index contributed by atoms with van der Waals surface area (Å²) < 4.78 is 0. The Kier molecular flexibility index (Phi) is 8.50. The zero-order chi connectivity index (χ0) is 22.5. The van der Waals surface area contributed by atoms with Crippen LogP contribution < -0.4 is 5.73 Å². The molecule has 174 valence electrons. The van der Waals surface area contributed by atoms with Crippen LogP contribution in [0.15, 0.2) is 84.9 Å². The van der Waals surface area contributed by atoms with Crippen molar-refractivity contribution in [3.05, 3.63) is 102 Å². The molecule has 0 aromatic heterocycles. The van der Waals surface area contributed by atoms with Crippen molar-refractivity contribution in [2.24, 2.45) is 0 Å². The predicted molar refractivity (Wildman–Crippen MR) is 135 cm³/mol. The Hall–Kier alpha value is -2.86. The number of amides is 1. The first kappa shape index (κ1) is 24.8. The van der Waals surface area contributed by atoms with Gasteiger partial charge in [-0.15, -0.1) is 12.4 Å². The number of hydrogen-bond donors (Lipinski definition) is 2. The van der Waals surface area contributed by atoms with E-state index in [-0.39, 0.29) is 30.5 Å². The summed E-state index contributed by atoms with van der Waals surface area (Å²) in [5.41, 5.74) is 9.71. The number of aliphatic hydroxyl groups is 1. The second-order valence-corrected chi connectivity index (χ2v) is 8.59. The summed E-state index contributed by atoms with van der Waals surface area (Å²) in [6, 6.07) is 27.4. The van der Waals surface area contributed by atoms with Crippen LogP contribution in [0.4, 0.5) is 5.69 Å². The van der Waals surface area contributed by atoms with Gasteiger partial charge in [0.15, 0.2) is 0 Å². The van der Waals surface area contributed by atoms with Crippen LogP contribution in [0.25, 0.3) is 0 Å². The average Bonchev–Trinajstić information content (AvgIpc) is 3.23. The minimum Gasteiger partial charge on any atom is -0.399 e. The molecule has 3 aromatic carbocycles. The first-order valence-corrected chi connectivity index (χ1v) is 11.2. The maximum atomic E-state index is 14.0. The molecule has 33 heavy (non-hydrogen) atoms. The van der Waals surface area contributed by atoms with Gasteiger partial charge in [0.25, 0.3) is 0 Å². The SMILES string of the molecule is CN(C(=O)C(c1ccccc1)c1ccccc1)[C@H](CN1CC[C@H](O)C1)c1cccc(N)c1.Cl. The highest BCUT2D eigenvalue weighted by Crippen LogP contribution is 2.31. The number of hydrogen-bond acceptors (Lipinski definition) is 4. The fourth-order valence-corrected chi connectivity index (χ4v) is 4.57. The van der Waals surface area contributed by atoms with Gasteiger partial charge in [0.05, 0.1) is 18.1 Å². The fraction of sp³-hybridized carbons (Fsp3) is 0.296. The predicted octanol–water partition coefficient (Wildman–Crippen LogP) is 4.09. The number of benzene rings is 3. The third kappa shape index (κ3) is 5.93. The molecule has 1 amide bonds. The van der Waals surface area contributed by atoms with E-state index in [9.17, 15) is 9.90 Å². The fourth-order valence-electron chi connectivity index (χ4n) is 4.57. The number of halogens is 1. The molecular weight excluding hydrogens is 434 g/mol. The molecule has 2 atom stereocenters. The van der Waals surface area contributed by atoms with E-state index in [2.05, 4.69) is 4.90 Å². The number of carbonyl (C=O) groups is 1. The maximum Gasteiger partial charge on any atom is 0.234 e. The quantitative estimate of drug-likeness (QED) is 0.515. The van der Waals surface area contributed by atoms with Gasteiger partial charge >= 0.3 is 0 Å². The highest BCUT2D eigenvalue weighted by molar-refractivity contribution is 5.87. The number of aliphatic hydroxyl groups excluding tert-OH is 1. The van der Waals surface area contributed by atoms with Gasteiger partial charge in [-0.25, -0.2) is 0 Å². The van der Waals surface area contributed by atoms with E-state index in [1.807, 2.05) is 96.9 Å². The minimum atomic E-state index is -0.393. The molecule has 5 nitrogen and oxygen atoms in total. The lowest BCUT2D eigenvalue weighted by molar-refractivity contribution is -0.133. The number of β-amino-alcohol motifs (C(OH)–C–C–N with tert-alkyl or cyclic N) is 1. The molecular formula is C27H32ClN3O2. The van der Waals surface area contributed by atoms with Crippen molar-refractivity contribution in [2.45, 2.75) is 24.5 Å². The van der Waals surface area contributed by atoms with Gasteiger partial charge in [0, 0.05) is 32.4 Å². The van der Waals surface area contributed by atoms with E-state index < -0.39 is 5.92 Å². The lowest BCUT2D eigenvalue weighted by Gasteiger charge is -2.34. The summed E-state index contributed by atoms with van der Waals surface area (Å²) in [6.45, 7) is 2.10. The van der Waals surface area contributed by atoms with E-state index in [0.29, 0.717) is 18.8 Å². The van der Waals surface area contributed by atoms with Crippen LogP contribution in [-0.4, -0.2) is 53.6 Å². The van der Waals surface area contributed by atoms with Crippen LogP contribution in [0.1, 0.15) is 35.1 Å². The number of nitrogen functional groups attached to an aromatic ring is 1. The molecule has 0 saturated carbocycles. The van der Waals surface area contributed by atoms with E-state index in [1.165, 1.54) is 0 Å². The molecule has 1 aliphatic heterocycles. The Labute approximate surface area is 202 Å². The average molecular weight is 466 g/mol. The lowest BCUT2D eigenvalue weighted by atomic mass is 9.89. The van der Waals surface area contributed by atoms with E-state index in [0.717, 1.165) is 29.7 Å². The summed E-state index contributed by atoms with van der Waals surface area (Å²) in [7, 11) is 1.88. The number of nitrogens with two attached hydrogens (primary N) is 1. The van der Waals surface area contributed by atoms with Crippen molar-refractivity contribution >= 4 is 24.0 Å².